The van der Waals surface area contributed by atoms with Crippen molar-refractivity contribution in [1.29, 1.82) is 0 Å². The van der Waals surface area contributed by atoms with Crippen LogP contribution in [0.2, 0.25) is 0 Å². The Balaban J connectivity index is 1.57. The number of benzene rings is 1. The predicted molar refractivity (Wildman–Crippen MR) is 66.7 cm³/mol. The molecule has 0 saturated heterocycles. The summed E-state index contributed by atoms with van der Waals surface area (Å²) in [4.78, 5) is 0. The Bertz CT molecular complexity index is 551. The Kier molecular flexibility index (Phi) is 2.80. The third kappa shape index (κ3) is 2.25. The number of nitrogens with zero attached hydrogens (tertiary/aromatic N) is 2. The smallest absolute Gasteiger partial charge is 0.243 e. The lowest BCUT2D eigenvalue weighted by molar-refractivity contribution is -0.671. The first-order valence-corrected chi connectivity index (χ1v) is 5.96. The number of ether oxygens (including phenoxy) is 2. The lowest BCUT2D eigenvalue weighted by Gasteiger charge is -2.05. The third-order valence-corrected chi connectivity index (χ3v) is 2.90. The van der Waals surface area contributed by atoms with Crippen molar-refractivity contribution in [2.24, 2.45) is 7.05 Å². The highest BCUT2D eigenvalue weighted by molar-refractivity contribution is 5.55. The average Bonchev–Trinajstić information content (AvgIpc) is 2.97. The summed E-state index contributed by atoms with van der Waals surface area (Å²) in [5.41, 5.74) is 1.05. The van der Waals surface area contributed by atoms with E-state index in [1.54, 1.807) is 0 Å². The van der Waals surface area contributed by atoms with Crippen LogP contribution in [0, 0.1) is 0 Å². The van der Waals surface area contributed by atoms with Crippen molar-refractivity contribution in [3.05, 3.63) is 36.9 Å². The highest BCUT2D eigenvalue weighted by Crippen LogP contribution is 2.34. The Morgan fingerprint density at radius 3 is 3.06 bits per heavy atom. The van der Waals surface area contributed by atoms with Crippen LogP contribution in [0.15, 0.2) is 36.9 Å². The normalized spacial score (nSPS) is 12.7. The van der Waals surface area contributed by atoms with Gasteiger partial charge in [0.05, 0.1) is 13.6 Å². The first kappa shape index (κ1) is 11.0. The van der Waals surface area contributed by atoms with Crippen LogP contribution < -0.4 is 19.4 Å². The molecule has 1 aromatic carbocycles. The van der Waals surface area contributed by atoms with E-state index in [1.165, 1.54) is 0 Å². The summed E-state index contributed by atoms with van der Waals surface area (Å²) in [7, 11) is 2.02. The summed E-state index contributed by atoms with van der Waals surface area (Å²) < 4.78 is 14.8. The fourth-order valence-corrected chi connectivity index (χ4v) is 1.97. The van der Waals surface area contributed by atoms with E-state index in [4.69, 9.17) is 9.47 Å². The van der Waals surface area contributed by atoms with E-state index in [9.17, 15) is 0 Å². The van der Waals surface area contributed by atoms with Crippen molar-refractivity contribution in [3.8, 4) is 11.5 Å². The maximum absolute atomic E-state index is 5.34. The van der Waals surface area contributed by atoms with Gasteiger partial charge in [0.15, 0.2) is 11.5 Å². The van der Waals surface area contributed by atoms with Gasteiger partial charge in [-0.2, -0.15) is 0 Å². The first-order chi connectivity index (χ1) is 8.81. The number of imidazole rings is 1. The van der Waals surface area contributed by atoms with Crippen molar-refractivity contribution < 1.29 is 14.0 Å². The lowest BCUT2D eigenvalue weighted by atomic mass is 10.3. The molecule has 5 heteroatoms. The van der Waals surface area contributed by atoms with Crippen molar-refractivity contribution >= 4 is 5.69 Å². The minimum atomic E-state index is 0.318. The van der Waals surface area contributed by atoms with Gasteiger partial charge in [0, 0.05) is 11.8 Å². The van der Waals surface area contributed by atoms with E-state index in [0.717, 1.165) is 30.3 Å². The fourth-order valence-electron chi connectivity index (χ4n) is 1.97. The minimum absolute atomic E-state index is 0.318. The van der Waals surface area contributed by atoms with Crippen molar-refractivity contribution in [2.45, 2.75) is 6.54 Å². The summed E-state index contributed by atoms with van der Waals surface area (Å²) in [6.07, 6.45) is 6.14. The van der Waals surface area contributed by atoms with Crippen LogP contribution in [-0.2, 0) is 13.6 Å². The average molecular weight is 246 g/mol. The molecular weight excluding hydrogens is 230 g/mol. The Morgan fingerprint density at radius 2 is 2.22 bits per heavy atom. The predicted octanol–water partition coefficient (Wildman–Crippen LogP) is 1.15. The molecule has 94 valence electrons. The SMILES string of the molecule is C[n+]1ccn(CCNc2ccc3c(c2)OCO3)c1. The van der Waals surface area contributed by atoms with E-state index < -0.39 is 0 Å². The summed E-state index contributed by atoms with van der Waals surface area (Å²) in [6, 6.07) is 5.90. The molecule has 0 unspecified atom stereocenters. The van der Waals surface area contributed by atoms with Gasteiger partial charge in [-0.25, -0.2) is 9.13 Å². The highest BCUT2D eigenvalue weighted by Gasteiger charge is 2.12. The fraction of sp³-hybridized carbons (Fsp3) is 0.308. The van der Waals surface area contributed by atoms with Gasteiger partial charge in [0.2, 0.25) is 13.1 Å². The third-order valence-electron chi connectivity index (χ3n) is 2.90. The standard InChI is InChI=1S/C13H16N3O2/c1-15-6-7-16(9-15)5-4-14-11-2-3-12-13(8-11)18-10-17-12/h2-3,6-9,14H,4-5,10H2,1H3/q+1. The van der Waals surface area contributed by atoms with Gasteiger partial charge in [0.1, 0.15) is 18.9 Å². The molecule has 0 spiro atoms. The molecule has 1 aromatic heterocycles. The largest absolute Gasteiger partial charge is 0.454 e. The van der Waals surface area contributed by atoms with Crippen LogP contribution in [0.4, 0.5) is 5.69 Å². The van der Waals surface area contributed by atoms with Crippen molar-refractivity contribution in [1.82, 2.24) is 4.57 Å². The first-order valence-electron chi connectivity index (χ1n) is 5.96. The van der Waals surface area contributed by atoms with Gasteiger partial charge in [-0.3, -0.25) is 0 Å². The van der Waals surface area contributed by atoms with Crippen LogP contribution in [0.1, 0.15) is 0 Å². The van der Waals surface area contributed by atoms with Crippen LogP contribution >= 0.6 is 0 Å². The van der Waals surface area contributed by atoms with E-state index in [2.05, 4.69) is 22.4 Å². The highest BCUT2D eigenvalue weighted by atomic mass is 16.7. The monoisotopic (exact) mass is 246 g/mol. The number of nitrogens with one attached hydrogen (secondary N) is 1. The number of anilines is 1. The number of fused-ring (bicyclic) bond motifs is 1. The van der Waals surface area contributed by atoms with Gasteiger partial charge in [0.25, 0.3) is 0 Å². The van der Waals surface area contributed by atoms with Crippen LogP contribution in [0.5, 0.6) is 11.5 Å². The summed E-state index contributed by atoms with van der Waals surface area (Å²) >= 11 is 0. The number of aromatic nitrogens is 2. The second-order valence-electron chi connectivity index (χ2n) is 4.31. The topological polar surface area (TPSA) is 39.3 Å². The maximum Gasteiger partial charge on any atom is 0.243 e. The molecule has 0 aliphatic carbocycles. The van der Waals surface area contributed by atoms with E-state index in [1.807, 2.05) is 36.0 Å². The summed E-state index contributed by atoms with van der Waals surface area (Å²) in [6.45, 7) is 2.11. The second kappa shape index (κ2) is 4.60. The molecule has 0 atom stereocenters. The molecule has 5 nitrogen and oxygen atoms in total. The van der Waals surface area contributed by atoms with Gasteiger partial charge in [-0.05, 0) is 12.1 Å². The van der Waals surface area contributed by atoms with Crippen molar-refractivity contribution in [2.75, 3.05) is 18.7 Å². The molecule has 0 bridgehead atoms. The molecule has 1 aliphatic heterocycles. The van der Waals surface area contributed by atoms with Crippen molar-refractivity contribution in [3.63, 3.8) is 0 Å². The molecule has 3 rings (SSSR count). The zero-order valence-corrected chi connectivity index (χ0v) is 10.3. The van der Waals surface area contributed by atoms with E-state index >= 15 is 0 Å². The molecule has 0 fully saturated rings. The molecule has 18 heavy (non-hydrogen) atoms. The van der Waals surface area contributed by atoms with Crippen LogP contribution in [0.3, 0.4) is 0 Å². The number of rotatable bonds is 4. The molecule has 1 aliphatic rings. The van der Waals surface area contributed by atoms with Crippen LogP contribution in [0.25, 0.3) is 0 Å². The van der Waals surface area contributed by atoms with Gasteiger partial charge < -0.3 is 14.8 Å². The molecule has 2 aromatic rings. The summed E-state index contributed by atoms with van der Waals surface area (Å²) in [5.74, 6) is 1.63. The number of hydrogen-bond donors (Lipinski definition) is 1. The summed E-state index contributed by atoms with van der Waals surface area (Å²) in [5, 5.41) is 3.37. The Labute approximate surface area is 106 Å². The van der Waals surface area contributed by atoms with E-state index in [-0.39, 0.29) is 0 Å². The minimum Gasteiger partial charge on any atom is -0.454 e. The molecular formula is C13H16N3O2+. The van der Waals surface area contributed by atoms with Gasteiger partial charge in [-0.1, -0.05) is 0 Å². The Hall–Kier alpha value is -2.17. The molecule has 1 N–H and O–H groups in total. The number of aryl methyl sites for hydroxylation is 1. The van der Waals surface area contributed by atoms with Gasteiger partial charge in [-0.15, -0.1) is 0 Å². The molecule has 2 heterocycles. The zero-order valence-electron chi connectivity index (χ0n) is 10.3. The van der Waals surface area contributed by atoms with Gasteiger partial charge >= 0.3 is 0 Å². The molecule has 0 radical (unpaired) electrons. The maximum atomic E-state index is 5.34. The second-order valence-corrected chi connectivity index (χ2v) is 4.31. The molecule has 0 amide bonds. The molecule has 0 saturated carbocycles. The lowest BCUT2D eigenvalue weighted by Crippen LogP contribution is -2.24. The zero-order chi connectivity index (χ0) is 12.4. The van der Waals surface area contributed by atoms with E-state index in [0.29, 0.717) is 6.79 Å². The Morgan fingerprint density at radius 1 is 1.33 bits per heavy atom. The quantitative estimate of drug-likeness (QED) is 0.823. The number of hydrogen-bond acceptors (Lipinski definition) is 3. The van der Waals surface area contributed by atoms with Crippen LogP contribution in [-0.4, -0.2) is 17.9 Å².